The molecule has 3 fully saturated rings. The monoisotopic (exact) mass is 350 g/mol. The Labute approximate surface area is 144 Å². The van der Waals surface area contributed by atoms with Crippen LogP contribution >= 0.6 is 0 Å². The summed E-state index contributed by atoms with van der Waals surface area (Å²) in [6.07, 6.45) is 6.76. The Morgan fingerprint density at radius 2 is 1.79 bits per heavy atom. The lowest BCUT2D eigenvalue weighted by Crippen LogP contribution is -2.50. The number of sulfone groups is 1. The molecule has 1 aromatic carbocycles. The van der Waals surface area contributed by atoms with Crippen LogP contribution in [0, 0.1) is 12.8 Å². The number of hydrogen-bond acceptors (Lipinski definition) is 4. The van der Waals surface area contributed by atoms with Crippen molar-refractivity contribution in [2.75, 3.05) is 6.61 Å². The Balaban J connectivity index is 1.77. The zero-order chi connectivity index (χ0) is 16.8. The van der Waals surface area contributed by atoms with Gasteiger partial charge in [0.25, 0.3) is 0 Å². The second-order valence-electron chi connectivity index (χ2n) is 7.50. The lowest BCUT2D eigenvalue weighted by molar-refractivity contribution is -0.244. The van der Waals surface area contributed by atoms with Crippen molar-refractivity contribution in [3.8, 4) is 0 Å². The molecule has 3 aliphatic rings. The van der Waals surface area contributed by atoms with Gasteiger partial charge in [0.15, 0.2) is 15.6 Å². The smallest absolute Gasteiger partial charge is 0.186 e. The molecule has 2 aliphatic heterocycles. The highest BCUT2D eigenvalue weighted by molar-refractivity contribution is 7.92. The Kier molecular flexibility index (Phi) is 4.22. The summed E-state index contributed by atoms with van der Waals surface area (Å²) in [4.78, 5) is 0.404. The fraction of sp³-hybridized carbons (Fsp3) is 0.684. The Morgan fingerprint density at radius 3 is 2.50 bits per heavy atom. The summed E-state index contributed by atoms with van der Waals surface area (Å²) in [5.74, 6) is -0.870. The van der Waals surface area contributed by atoms with Crippen molar-refractivity contribution in [1.82, 2.24) is 0 Å². The highest BCUT2D eigenvalue weighted by Gasteiger charge is 2.61. The molecule has 0 unspecified atom stereocenters. The minimum atomic E-state index is -3.48. The molecular weight excluding hydrogens is 324 g/mol. The van der Waals surface area contributed by atoms with E-state index in [1.54, 1.807) is 12.1 Å². The van der Waals surface area contributed by atoms with Crippen LogP contribution in [-0.2, 0) is 19.3 Å². The molecule has 4 nitrogen and oxygen atoms in total. The second kappa shape index (κ2) is 6.11. The average molecular weight is 350 g/mol. The number of ether oxygens (including phenoxy) is 2. The first-order valence-electron chi connectivity index (χ1n) is 9.15. The van der Waals surface area contributed by atoms with Crippen molar-refractivity contribution in [3.63, 3.8) is 0 Å². The molecule has 0 aromatic heterocycles. The number of benzene rings is 1. The highest BCUT2D eigenvalue weighted by Crippen LogP contribution is 2.51. The van der Waals surface area contributed by atoms with Crippen LogP contribution in [0.25, 0.3) is 0 Å². The zero-order valence-corrected chi connectivity index (χ0v) is 15.1. The summed E-state index contributed by atoms with van der Waals surface area (Å²) in [5, 5.41) is -0.571. The predicted molar refractivity (Wildman–Crippen MR) is 91.5 cm³/mol. The second-order valence-corrected chi connectivity index (χ2v) is 9.57. The molecule has 2 saturated heterocycles. The van der Waals surface area contributed by atoms with Crippen LogP contribution in [0.15, 0.2) is 29.2 Å². The summed E-state index contributed by atoms with van der Waals surface area (Å²) in [6, 6.07) is 7.21. The van der Waals surface area contributed by atoms with Gasteiger partial charge in [0.2, 0.25) is 0 Å². The van der Waals surface area contributed by atoms with Gasteiger partial charge in [0.1, 0.15) is 5.25 Å². The first-order valence-corrected chi connectivity index (χ1v) is 10.7. The molecule has 5 heteroatoms. The minimum absolute atomic E-state index is 0.0297. The summed E-state index contributed by atoms with van der Waals surface area (Å²) < 4.78 is 39.4. The van der Waals surface area contributed by atoms with Gasteiger partial charge < -0.3 is 9.47 Å². The van der Waals surface area contributed by atoms with Crippen molar-refractivity contribution < 1.29 is 17.9 Å². The number of aryl methyl sites for hydroxylation is 1. The molecule has 24 heavy (non-hydrogen) atoms. The average Bonchev–Trinajstić information content (AvgIpc) is 2.89. The quantitative estimate of drug-likeness (QED) is 0.817. The van der Waals surface area contributed by atoms with Gasteiger partial charge >= 0.3 is 0 Å². The van der Waals surface area contributed by atoms with Gasteiger partial charge in [-0.2, -0.15) is 0 Å². The van der Waals surface area contributed by atoms with E-state index in [0.29, 0.717) is 17.9 Å². The molecule has 132 valence electrons. The minimum Gasteiger partial charge on any atom is -0.349 e. The van der Waals surface area contributed by atoms with Crippen LogP contribution < -0.4 is 0 Å². The maximum atomic E-state index is 13.5. The predicted octanol–water partition coefficient (Wildman–Crippen LogP) is 3.62. The van der Waals surface area contributed by atoms with E-state index >= 15 is 0 Å². The Hall–Kier alpha value is -0.910. The van der Waals surface area contributed by atoms with E-state index in [2.05, 4.69) is 0 Å². The van der Waals surface area contributed by atoms with E-state index in [9.17, 15) is 8.42 Å². The summed E-state index contributed by atoms with van der Waals surface area (Å²) in [5.41, 5.74) is 1.07. The van der Waals surface area contributed by atoms with Gasteiger partial charge in [-0.1, -0.05) is 30.5 Å². The fourth-order valence-electron chi connectivity index (χ4n) is 4.72. The van der Waals surface area contributed by atoms with Crippen LogP contribution in [0.3, 0.4) is 0 Å². The largest absolute Gasteiger partial charge is 0.349 e. The van der Waals surface area contributed by atoms with Crippen molar-refractivity contribution in [1.29, 1.82) is 0 Å². The maximum absolute atomic E-state index is 13.5. The number of hydrogen-bond donors (Lipinski definition) is 0. The Morgan fingerprint density at radius 1 is 1.04 bits per heavy atom. The van der Waals surface area contributed by atoms with Gasteiger partial charge in [-0.05, 0) is 44.7 Å². The lowest BCUT2D eigenvalue weighted by atomic mass is 9.83. The van der Waals surface area contributed by atoms with Gasteiger partial charge in [-0.15, -0.1) is 0 Å². The van der Waals surface area contributed by atoms with E-state index in [4.69, 9.17) is 9.47 Å². The lowest BCUT2D eigenvalue weighted by Gasteiger charge is -2.38. The third kappa shape index (κ3) is 2.61. The van der Waals surface area contributed by atoms with E-state index in [1.165, 1.54) is 0 Å². The van der Waals surface area contributed by atoms with Crippen LogP contribution in [0.1, 0.15) is 50.5 Å². The normalized spacial score (nSPS) is 36.6. The Bertz CT molecular complexity index is 689. The number of rotatable bonds is 2. The van der Waals surface area contributed by atoms with Crippen LogP contribution in [0.5, 0.6) is 0 Å². The van der Waals surface area contributed by atoms with E-state index in [0.717, 1.165) is 44.1 Å². The van der Waals surface area contributed by atoms with E-state index < -0.39 is 20.9 Å². The molecule has 4 atom stereocenters. The molecule has 1 aliphatic carbocycles. The van der Waals surface area contributed by atoms with Gasteiger partial charge in [0, 0.05) is 12.3 Å². The van der Waals surface area contributed by atoms with Crippen LogP contribution in [-0.4, -0.2) is 32.2 Å². The topological polar surface area (TPSA) is 52.6 Å². The van der Waals surface area contributed by atoms with Crippen LogP contribution in [0.4, 0.5) is 0 Å². The first-order chi connectivity index (χ1) is 11.5. The third-order valence-corrected chi connectivity index (χ3v) is 8.18. The summed E-state index contributed by atoms with van der Waals surface area (Å²) in [7, 11) is -3.48. The van der Waals surface area contributed by atoms with E-state index in [-0.39, 0.29) is 12.0 Å². The maximum Gasteiger partial charge on any atom is 0.186 e. The summed E-state index contributed by atoms with van der Waals surface area (Å²) in [6.45, 7) is 2.57. The first kappa shape index (κ1) is 16.6. The molecule has 0 N–H and O–H groups in total. The molecule has 0 amide bonds. The molecule has 1 spiro atoms. The van der Waals surface area contributed by atoms with Crippen molar-refractivity contribution in [3.05, 3.63) is 29.8 Å². The van der Waals surface area contributed by atoms with Gasteiger partial charge in [0.05, 0.1) is 17.6 Å². The van der Waals surface area contributed by atoms with Crippen LogP contribution in [0.2, 0.25) is 0 Å². The number of fused-ring (bicyclic) bond motifs is 1. The molecule has 1 aromatic rings. The van der Waals surface area contributed by atoms with Gasteiger partial charge in [-0.25, -0.2) is 8.42 Å². The van der Waals surface area contributed by atoms with Crippen molar-refractivity contribution in [2.45, 2.75) is 73.9 Å². The van der Waals surface area contributed by atoms with Gasteiger partial charge in [-0.3, -0.25) is 0 Å². The van der Waals surface area contributed by atoms with E-state index in [1.807, 2.05) is 19.1 Å². The molecule has 4 rings (SSSR count). The van der Waals surface area contributed by atoms with Crippen molar-refractivity contribution >= 4 is 9.84 Å². The molecule has 0 bridgehead atoms. The standard InChI is InChI=1S/C19H26O4S/c1-14-8-10-15(11-9-14)24(20,21)18-16-6-2-3-7-17(16)23-19(18)12-4-5-13-22-19/h8-11,16-18H,2-7,12-13H2,1H3/t16-,17-,18-,19+/m1/s1. The SMILES string of the molecule is Cc1ccc(S(=O)(=O)[C@@H]2[C@@H]3CCCC[C@H]3O[C@@]23CCCCO3)cc1. The third-order valence-electron chi connectivity index (χ3n) is 5.88. The highest BCUT2D eigenvalue weighted by atomic mass is 32.2. The fourth-order valence-corrected chi connectivity index (χ4v) is 7.01. The molecular formula is C19H26O4S. The molecule has 0 radical (unpaired) electrons. The molecule has 1 saturated carbocycles. The van der Waals surface area contributed by atoms with Crippen molar-refractivity contribution in [2.24, 2.45) is 5.92 Å². The molecule has 2 heterocycles. The summed E-state index contributed by atoms with van der Waals surface area (Å²) >= 11 is 0. The zero-order valence-electron chi connectivity index (χ0n) is 14.2.